The van der Waals surface area contributed by atoms with Crippen molar-refractivity contribution in [1.29, 1.82) is 0 Å². The van der Waals surface area contributed by atoms with E-state index < -0.39 is 5.82 Å². The Balaban J connectivity index is 1.82. The molecule has 0 spiro atoms. The molecule has 0 saturated heterocycles. The molecule has 0 aliphatic heterocycles. The zero-order valence-corrected chi connectivity index (χ0v) is 14.3. The summed E-state index contributed by atoms with van der Waals surface area (Å²) in [4.78, 5) is 12.5. The van der Waals surface area contributed by atoms with Gasteiger partial charge in [-0.3, -0.25) is 4.79 Å². The number of methoxy groups -OCH3 is 1. The lowest BCUT2D eigenvalue weighted by Gasteiger charge is -2.19. The van der Waals surface area contributed by atoms with E-state index in [1.54, 1.807) is 13.2 Å². The average molecular weight is 378 g/mol. The minimum atomic E-state index is -0.425. The number of amides is 1. The van der Waals surface area contributed by atoms with Gasteiger partial charge in [0.1, 0.15) is 11.6 Å². The summed E-state index contributed by atoms with van der Waals surface area (Å²) >= 11 is 3.30. The number of nitrogens with one attached hydrogen (secondary N) is 1. The van der Waals surface area contributed by atoms with Crippen molar-refractivity contribution in [2.75, 3.05) is 7.11 Å². The van der Waals surface area contributed by atoms with Gasteiger partial charge in [0.05, 0.1) is 18.7 Å². The van der Waals surface area contributed by atoms with Crippen molar-refractivity contribution in [2.45, 2.75) is 18.9 Å². The first-order chi connectivity index (χ1) is 11.1. The second-order valence-electron chi connectivity index (χ2n) is 5.69. The van der Waals surface area contributed by atoms with Gasteiger partial charge < -0.3 is 10.1 Å². The third-order valence-electron chi connectivity index (χ3n) is 4.03. The zero-order chi connectivity index (χ0) is 16.4. The number of hydrogen-bond acceptors (Lipinski definition) is 2. The fourth-order valence-electron chi connectivity index (χ4n) is 2.60. The summed E-state index contributed by atoms with van der Waals surface area (Å²) in [6, 6.07) is 11.7. The van der Waals surface area contributed by atoms with Gasteiger partial charge >= 0.3 is 0 Å². The van der Waals surface area contributed by atoms with Crippen molar-refractivity contribution in [2.24, 2.45) is 5.92 Å². The number of carbonyl (C=O) groups is 1. The molecule has 0 heterocycles. The molecule has 1 atom stereocenters. The highest BCUT2D eigenvalue weighted by Gasteiger charge is 2.33. The number of carbonyl (C=O) groups excluding carboxylic acids is 1. The van der Waals surface area contributed by atoms with Gasteiger partial charge in [-0.2, -0.15) is 0 Å². The van der Waals surface area contributed by atoms with Gasteiger partial charge in [0.25, 0.3) is 5.91 Å². The van der Waals surface area contributed by atoms with Crippen molar-refractivity contribution in [3.8, 4) is 5.75 Å². The van der Waals surface area contributed by atoms with Crippen LogP contribution < -0.4 is 10.1 Å². The van der Waals surface area contributed by atoms with Gasteiger partial charge in [0.2, 0.25) is 0 Å². The molecule has 2 aromatic rings. The third kappa shape index (κ3) is 3.72. The molecule has 1 amide bonds. The molecule has 3 rings (SSSR count). The maximum atomic E-state index is 13.4. The quantitative estimate of drug-likeness (QED) is 0.833. The highest BCUT2D eigenvalue weighted by Crippen LogP contribution is 2.41. The van der Waals surface area contributed by atoms with Gasteiger partial charge in [-0.25, -0.2) is 4.39 Å². The normalized spacial score (nSPS) is 15.1. The Kier molecular flexibility index (Phi) is 4.66. The van der Waals surface area contributed by atoms with Crippen LogP contribution in [0.2, 0.25) is 0 Å². The summed E-state index contributed by atoms with van der Waals surface area (Å²) in [5, 5.41) is 3.04. The maximum Gasteiger partial charge on any atom is 0.253 e. The largest absolute Gasteiger partial charge is 0.497 e. The first-order valence-electron chi connectivity index (χ1n) is 7.48. The van der Waals surface area contributed by atoms with Crippen molar-refractivity contribution in [3.63, 3.8) is 0 Å². The van der Waals surface area contributed by atoms with Crippen LogP contribution in [0.3, 0.4) is 0 Å². The lowest BCUT2D eigenvalue weighted by atomic mass is 10.0. The molecule has 0 radical (unpaired) electrons. The van der Waals surface area contributed by atoms with Gasteiger partial charge in [-0.15, -0.1) is 0 Å². The van der Waals surface area contributed by atoms with Crippen LogP contribution in [0.25, 0.3) is 0 Å². The van der Waals surface area contributed by atoms with Crippen molar-refractivity contribution in [3.05, 3.63) is 63.9 Å². The van der Waals surface area contributed by atoms with Gasteiger partial charge in [0.15, 0.2) is 0 Å². The fraction of sp³-hybridized carbons (Fsp3) is 0.278. The van der Waals surface area contributed by atoms with E-state index in [0.29, 0.717) is 16.0 Å². The van der Waals surface area contributed by atoms with Crippen LogP contribution in [0.1, 0.15) is 34.8 Å². The van der Waals surface area contributed by atoms with Crippen LogP contribution in [0.15, 0.2) is 46.9 Å². The minimum absolute atomic E-state index is 0.0661. The molecule has 120 valence electrons. The molecule has 5 heteroatoms. The van der Waals surface area contributed by atoms with E-state index in [1.807, 2.05) is 24.3 Å². The Morgan fingerprint density at radius 1 is 1.26 bits per heavy atom. The molecule has 0 bridgehead atoms. The molecule has 2 aromatic carbocycles. The number of benzene rings is 2. The lowest BCUT2D eigenvalue weighted by Crippen LogP contribution is -2.30. The second-order valence-corrected chi connectivity index (χ2v) is 6.54. The highest BCUT2D eigenvalue weighted by molar-refractivity contribution is 9.10. The smallest absolute Gasteiger partial charge is 0.253 e. The minimum Gasteiger partial charge on any atom is -0.497 e. The summed E-state index contributed by atoms with van der Waals surface area (Å²) in [5.41, 5.74) is 1.35. The topological polar surface area (TPSA) is 38.3 Å². The third-order valence-corrected chi connectivity index (χ3v) is 4.72. The molecule has 1 N–H and O–H groups in total. The predicted molar refractivity (Wildman–Crippen MR) is 90.0 cm³/mol. The molecule has 1 aliphatic carbocycles. The van der Waals surface area contributed by atoms with E-state index >= 15 is 0 Å². The molecule has 1 fully saturated rings. The van der Waals surface area contributed by atoms with Crippen molar-refractivity contribution in [1.82, 2.24) is 5.32 Å². The lowest BCUT2D eigenvalue weighted by molar-refractivity contribution is 0.0930. The number of ether oxygens (including phenoxy) is 1. The fourth-order valence-corrected chi connectivity index (χ4v) is 3.03. The van der Waals surface area contributed by atoms with Gasteiger partial charge in [0, 0.05) is 4.47 Å². The summed E-state index contributed by atoms with van der Waals surface area (Å²) < 4.78 is 19.2. The summed E-state index contributed by atoms with van der Waals surface area (Å²) in [6.45, 7) is 0. The van der Waals surface area contributed by atoms with Crippen molar-refractivity contribution >= 4 is 21.8 Å². The first kappa shape index (κ1) is 16.0. The summed E-state index contributed by atoms with van der Waals surface area (Å²) in [6.07, 6.45) is 2.17. The van der Waals surface area contributed by atoms with Crippen LogP contribution in [0.5, 0.6) is 5.75 Å². The highest BCUT2D eigenvalue weighted by atomic mass is 79.9. The Hall–Kier alpha value is -1.88. The molecule has 0 aromatic heterocycles. The molecule has 23 heavy (non-hydrogen) atoms. The zero-order valence-electron chi connectivity index (χ0n) is 12.7. The molecule has 1 unspecified atom stereocenters. The predicted octanol–water partition coefficient (Wildman–Crippen LogP) is 4.48. The Bertz CT molecular complexity index is 713. The van der Waals surface area contributed by atoms with E-state index in [9.17, 15) is 9.18 Å². The van der Waals surface area contributed by atoms with E-state index in [4.69, 9.17) is 4.74 Å². The van der Waals surface area contributed by atoms with Crippen LogP contribution in [-0.4, -0.2) is 13.0 Å². The Labute approximate surface area is 143 Å². The molecular weight excluding hydrogens is 361 g/mol. The van der Waals surface area contributed by atoms with Crippen LogP contribution >= 0.6 is 15.9 Å². The molecule has 1 aliphatic rings. The second kappa shape index (κ2) is 6.71. The van der Waals surface area contributed by atoms with Crippen LogP contribution in [0, 0.1) is 11.7 Å². The van der Waals surface area contributed by atoms with E-state index in [2.05, 4.69) is 21.2 Å². The van der Waals surface area contributed by atoms with Crippen molar-refractivity contribution < 1.29 is 13.9 Å². The molecular formula is C18H17BrFNO2. The Morgan fingerprint density at radius 3 is 2.57 bits per heavy atom. The van der Waals surface area contributed by atoms with E-state index in [1.165, 1.54) is 12.1 Å². The van der Waals surface area contributed by atoms with E-state index in [0.717, 1.165) is 24.2 Å². The van der Waals surface area contributed by atoms with E-state index in [-0.39, 0.29) is 11.9 Å². The first-order valence-corrected chi connectivity index (χ1v) is 8.27. The van der Waals surface area contributed by atoms with Crippen LogP contribution in [-0.2, 0) is 0 Å². The van der Waals surface area contributed by atoms with Crippen LogP contribution in [0.4, 0.5) is 4.39 Å². The van der Waals surface area contributed by atoms with Gasteiger partial charge in [-0.1, -0.05) is 12.1 Å². The molecule has 1 saturated carbocycles. The standard InChI is InChI=1S/C18H17BrFNO2/c1-23-14-7-4-12(5-8-14)17(11-2-3-11)21-18(22)15-10-13(20)6-9-16(15)19/h4-11,17H,2-3H2,1H3,(H,21,22). The number of halogens is 2. The molecule has 3 nitrogen and oxygen atoms in total. The SMILES string of the molecule is COc1ccc(C(NC(=O)c2cc(F)ccc2Br)C2CC2)cc1. The average Bonchev–Trinajstić information content (AvgIpc) is 3.39. The Morgan fingerprint density at radius 2 is 1.96 bits per heavy atom. The number of hydrogen-bond donors (Lipinski definition) is 1. The summed E-state index contributed by atoms with van der Waals surface area (Å²) in [5.74, 6) is 0.511. The van der Waals surface area contributed by atoms with Gasteiger partial charge in [-0.05, 0) is 70.6 Å². The monoisotopic (exact) mass is 377 g/mol. The summed E-state index contributed by atoms with van der Waals surface area (Å²) in [7, 11) is 1.62. The maximum absolute atomic E-state index is 13.4. The number of rotatable bonds is 5.